The Balaban J connectivity index is 1.91. The number of phenols is 2. The molecule has 4 N–H and O–H groups in total. The number of hydrogen-bond donors (Lipinski definition) is 4. The number of benzene rings is 2. The Morgan fingerprint density at radius 3 is 2.62 bits per heavy atom. The van der Waals surface area contributed by atoms with E-state index in [1.54, 1.807) is 18.2 Å². The van der Waals surface area contributed by atoms with Gasteiger partial charge in [-0.05, 0) is 60.2 Å². The highest BCUT2D eigenvalue weighted by atomic mass is 32.2. The number of hydrogen-bond acceptors (Lipinski definition) is 6. The van der Waals surface area contributed by atoms with E-state index in [-0.39, 0.29) is 33.8 Å². The molecule has 1 amide bonds. The van der Waals surface area contributed by atoms with Gasteiger partial charge in [-0.1, -0.05) is 12.1 Å². The monoisotopic (exact) mass is 370 g/mol. The van der Waals surface area contributed by atoms with Crippen LogP contribution in [0.3, 0.4) is 0 Å². The summed E-state index contributed by atoms with van der Waals surface area (Å²) in [6, 6.07) is 8.97. The lowest BCUT2D eigenvalue weighted by atomic mass is 10.1. The number of aromatic carboxylic acids is 1. The number of amidine groups is 1. The fraction of sp³-hybridized carbons (Fsp3) is 0.0556. The minimum atomic E-state index is -1.10. The number of thioether (sulfide) groups is 1. The van der Waals surface area contributed by atoms with E-state index in [1.807, 2.05) is 6.92 Å². The fourth-order valence-electron chi connectivity index (χ4n) is 2.29. The number of rotatable bonds is 3. The molecule has 1 heterocycles. The molecule has 8 heteroatoms. The van der Waals surface area contributed by atoms with Crippen molar-refractivity contribution in [2.24, 2.45) is 4.99 Å². The maximum Gasteiger partial charge on any atom is 0.337 e. The average molecular weight is 370 g/mol. The number of phenolic OH excluding ortho intramolecular Hbond substituents is 2. The smallest absolute Gasteiger partial charge is 0.337 e. The lowest BCUT2D eigenvalue weighted by Gasteiger charge is -2.03. The third-order valence-electron chi connectivity index (χ3n) is 3.55. The van der Waals surface area contributed by atoms with Crippen molar-refractivity contribution >= 4 is 40.6 Å². The number of nitrogens with one attached hydrogen (secondary N) is 1. The molecule has 2 aromatic rings. The fourth-order valence-corrected chi connectivity index (χ4v) is 3.12. The van der Waals surface area contributed by atoms with Gasteiger partial charge in [0.25, 0.3) is 5.91 Å². The Hall–Kier alpha value is -3.26. The van der Waals surface area contributed by atoms with Crippen LogP contribution < -0.4 is 5.32 Å². The van der Waals surface area contributed by atoms with Gasteiger partial charge in [0.2, 0.25) is 0 Å². The molecule has 7 nitrogen and oxygen atoms in total. The van der Waals surface area contributed by atoms with Crippen LogP contribution in [0.15, 0.2) is 46.3 Å². The van der Waals surface area contributed by atoms with Gasteiger partial charge in [0, 0.05) is 0 Å². The van der Waals surface area contributed by atoms with E-state index in [0.717, 1.165) is 17.3 Å². The quantitative estimate of drug-likeness (QED) is 0.487. The Morgan fingerprint density at radius 1 is 1.15 bits per heavy atom. The van der Waals surface area contributed by atoms with Crippen LogP contribution in [0, 0.1) is 6.92 Å². The van der Waals surface area contributed by atoms with Crippen LogP contribution in [-0.2, 0) is 4.79 Å². The van der Waals surface area contributed by atoms with Crippen molar-refractivity contribution in [2.75, 3.05) is 0 Å². The van der Waals surface area contributed by atoms with Gasteiger partial charge in [-0.25, -0.2) is 9.79 Å². The first-order valence-electron chi connectivity index (χ1n) is 7.49. The lowest BCUT2D eigenvalue weighted by molar-refractivity contribution is -0.115. The molecule has 0 aromatic heterocycles. The minimum Gasteiger partial charge on any atom is -0.504 e. The molecule has 0 bridgehead atoms. The van der Waals surface area contributed by atoms with Crippen molar-refractivity contribution in [2.45, 2.75) is 6.92 Å². The summed E-state index contributed by atoms with van der Waals surface area (Å²) in [5.41, 5.74) is 1.67. The Kier molecular flexibility index (Phi) is 4.68. The highest BCUT2D eigenvalue weighted by molar-refractivity contribution is 8.18. The van der Waals surface area contributed by atoms with Crippen LogP contribution in [0.25, 0.3) is 6.08 Å². The molecule has 1 saturated heterocycles. The van der Waals surface area contributed by atoms with Crippen LogP contribution in [0.4, 0.5) is 5.69 Å². The second kappa shape index (κ2) is 6.93. The van der Waals surface area contributed by atoms with Crippen molar-refractivity contribution in [3.05, 3.63) is 58.0 Å². The number of carbonyl (C=O) groups excluding carboxylic acids is 1. The molecule has 1 aliphatic heterocycles. The van der Waals surface area contributed by atoms with E-state index in [2.05, 4.69) is 10.3 Å². The first kappa shape index (κ1) is 17.6. The summed E-state index contributed by atoms with van der Waals surface area (Å²) >= 11 is 1.06. The molecule has 0 atom stereocenters. The SMILES string of the molecule is Cc1ccc(C(=O)O)c(N=C2NC(=O)/C(=C/c3ccc(O)c(O)c3)S2)c1. The summed E-state index contributed by atoms with van der Waals surface area (Å²) in [5.74, 6) is -2.03. The molecule has 26 heavy (non-hydrogen) atoms. The number of aromatic hydroxyl groups is 2. The maximum atomic E-state index is 12.1. The van der Waals surface area contributed by atoms with Gasteiger partial charge in [-0.15, -0.1) is 0 Å². The number of aliphatic imine (C=N–C) groups is 1. The van der Waals surface area contributed by atoms with Gasteiger partial charge in [0.15, 0.2) is 16.7 Å². The second-order valence-corrected chi connectivity index (χ2v) is 6.59. The van der Waals surface area contributed by atoms with Gasteiger partial charge in [-0.2, -0.15) is 0 Å². The van der Waals surface area contributed by atoms with Crippen molar-refractivity contribution in [3.8, 4) is 11.5 Å². The molecular weight excluding hydrogens is 356 g/mol. The zero-order valence-electron chi connectivity index (χ0n) is 13.6. The maximum absolute atomic E-state index is 12.1. The van der Waals surface area contributed by atoms with E-state index < -0.39 is 5.97 Å². The largest absolute Gasteiger partial charge is 0.504 e. The molecule has 1 fully saturated rings. The first-order chi connectivity index (χ1) is 12.3. The Bertz CT molecular complexity index is 982. The summed E-state index contributed by atoms with van der Waals surface area (Å²) in [5, 5.41) is 31.0. The summed E-state index contributed by atoms with van der Waals surface area (Å²) in [7, 11) is 0. The van der Waals surface area contributed by atoms with Crippen molar-refractivity contribution in [1.29, 1.82) is 0 Å². The molecule has 132 valence electrons. The summed E-state index contributed by atoms with van der Waals surface area (Å²) in [6.45, 7) is 1.82. The van der Waals surface area contributed by atoms with E-state index in [0.29, 0.717) is 10.5 Å². The molecule has 2 aromatic carbocycles. The first-order valence-corrected chi connectivity index (χ1v) is 8.30. The number of nitrogens with zero attached hydrogens (tertiary/aromatic N) is 1. The zero-order chi connectivity index (χ0) is 18.8. The predicted octanol–water partition coefficient (Wildman–Crippen LogP) is 3.00. The third kappa shape index (κ3) is 3.70. The van der Waals surface area contributed by atoms with Crippen molar-refractivity contribution in [3.63, 3.8) is 0 Å². The van der Waals surface area contributed by atoms with E-state index in [9.17, 15) is 24.9 Å². The average Bonchev–Trinajstić information content (AvgIpc) is 2.90. The third-order valence-corrected chi connectivity index (χ3v) is 4.46. The van der Waals surface area contributed by atoms with Gasteiger partial charge in [-0.3, -0.25) is 4.79 Å². The molecule has 3 rings (SSSR count). The molecule has 1 aliphatic rings. The summed E-state index contributed by atoms with van der Waals surface area (Å²) in [4.78, 5) is 28.0. The molecule has 0 saturated carbocycles. The molecular formula is C18H14N2O5S. The predicted molar refractivity (Wildman–Crippen MR) is 98.7 cm³/mol. The lowest BCUT2D eigenvalue weighted by Crippen LogP contribution is -2.19. The van der Waals surface area contributed by atoms with E-state index >= 15 is 0 Å². The van der Waals surface area contributed by atoms with Crippen LogP contribution in [0.1, 0.15) is 21.5 Å². The van der Waals surface area contributed by atoms with Crippen molar-refractivity contribution < 1.29 is 24.9 Å². The summed E-state index contributed by atoms with van der Waals surface area (Å²) in [6.07, 6.45) is 1.54. The van der Waals surface area contributed by atoms with Crippen LogP contribution in [-0.4, -0.2) is 32.4 Å². The molecule has 0 unspecified atom stereocenters. The molecule has 0 radical (unpaired) electrons. The van der Waals surface area contributed by atoms with E-state index in [4.69, 9.17) is 0 Å². The Labute approximate surface area is 152 Å². The topological polar surface area (TPSA) is 119 Å². The standard InChI is InChI=1S/C18H14N2O5S/c1-9-2-4-11(17(24)25)12(6-9)19-18-20-16(23)15(26-18)8-10-3-5-13(21)14(22)7-10/h2-8,21-22H,1H3,(H,24,25)(H,19,20,23)/b15-8-. The van der Waals surface area contributed by atoms with Crippen LogP contribution >= 0.6 is 11.8 Å². The van der Waals surface area contributed by atoms with Gasteiger partial charge in [0.05, 0.1) is 16.2 Å². The van der Waals surface area contributed by atoms with Crippen LogP contribution in [0.5, 0.6) is 11.5 Å². The normalized spacial score (nSPS) is 16.9. The number of amides is 1. The number of carboxylic acid groups (broad SMARTS) is 1. The zero-order valence-corrected chi connectivity index (χ0v) is 14.4. The number of aryl methyl sites for hydroxylation is 1. The minimum absolute atomic E-state index is 0.0406. The molecule has 0 aliphatic carbocycles. The highest BCUT2D eigenvalue weighted by Gasteiger charge is 2.24. The highest BCUT2D eigenvalue weighted by Crippen LogP contribution is 2.31. The van der Waals surface area contributed by atoms with Crippen LogP contribution in [0.2, 0.25) is 0 Å². The van der Waals surface area contributed by atoms with Gasteiger partial charge >= 0.3 is 5.97 Å². The van der Waals surface area contributed by atoms with Gasteiger partial charge in [0.1, 0.15) is 0 Å². The summed E-state index contributed by atoms with van der Waals surface area (Å²) < 4.78 is 0. The van der Waals surface area contributed by atoms with Crippen molar-refractivity contribution in [1.82, 2.24) is 5.32 Å². The molecule has 0 spiro atoms. The Morgan fingerprint density at radius 2 is 1.92 bits per heavy atom. The number of carbonyl (C=O) groups is 2. The van der Waals surface area contributed by atoms with Gasteiger partial charge < -0.3 is 20.6 Å². The second-order valence-electron chi connectivity index (χ2n) is 5.56. The number of carboxylic acids is 1. The van der Waals surface area contributed by atoms with E-state index in [1.165, 1.54) is 24.3 Å².